The number of hydrogen-bond donors (Lipinski definition) is 1. The molecule has 0 rings (SSSR count). The first kappa shape index (κ1) is 69.5. The summed E-state index contributed by atoms with van der Waals surface area (Å²) in [4.78, 5) is 8.90. The Hall–Kier alpha value is -0.474. The molecule has 0 spiro atoms. The summed E-state index contributed by atoms with van der Waals surface area (Å²) in [5.41, 5.74) is 0. The molecule has 0 bridgehead atoms. The van der Waals surface area contributed by atoms with E-state index in [-0.39, 0.29) is 53.7 Å². The Labute approximate surface area is 89.7 Å². The molecule has 0 fully saturated rings. The molecule has 0 amide bonds. The van der Waals surface area contributed by atoms with Gasteiger partial charge in [0, 0.05) is 16.8 Å². The Balaban J connectivity index is -0.00000000857. The predicted octanol–water partition coefficient (Wildman–Crippen LogP) is 4.93. The normalized spacial score (nSPS) is 5.64. The first-order valence-corrected chi connectivity index (χ1v) is 1.24. The number of nitrogens with two attached hydrogens (primary N) is 6. The molecule has 0 heterocycles. The van der Waals surface area contributed by atoms with E-state index >= 15 is 0 Å². The largest absolute Gasteiger partial charge is 0.693 e. The predicted molar refractivity (Wildman–Crippen MR) is 45.4 cm³/mol. The van der Waals surface area contributed by atoms with Crippen molar-refractivity contribution in [2.45, 2.75) is 6.18 Å². The van der Waals surface area contributed by atoms with Crippen LogP contribution in [0.1, 0.15) is 0 Å². The maximum Gasteiger partial charge on any atom is 0.490 e. The maximum atomic E-state index is 10.6. The van der Waals surface area contributed by atoms with E-state index < -0.39 is 12.1 Å². The molecular formula is C2H13CoF3N6O2-6. The Morgan fingerprint density at radius 1 is 0.857 bits per heavy atom. The standard InChI is InChI=1S/C2HF3O2.Co.6H2N/c3-2(4,5)1(6)7;;;;;;;/h(H,6,7);;6*1H2/q;;6*-1. The zero-order valence-corrected chi connectivity index (χ0v) is 7.83. The van der Waals surface area contributed by atoms with Gasteiger partial charge in [0.1, 0.15) is 0 Å². The van der Waals surface area contributed by atoms with E-state index in [0.29, 0.717) is 0 Å². The van der Waals surface area contributed by atoms with Crippen LogP contribution in [0.5, 0.6) is 0 Å². The molecule has 12 heteroatoms. The van der Waals surface area contributed by atoms with Gasteiger partial charge in [0.2, 0.25) is 0 Å². The second-order valence-corrected chi connectivity index (χ2v) is 0.803. The van der Waals surface area contributed by atoms with Gasteiger partial charge in [0.25, 0.3) is 0 Å². The second kappa shape index (κ2) is 22.9. The summed E-state index contributed by atoms with van der Waals surface area (Å²) in [5, 5.41) is 7.12. The first-order valence-electron chi connectivity index (χ1n) is 1.24. The quantitative estimate of drug-likeness (QED) is 0.642. The molecule has 0 saturated heterocycles. The van der Waals surface area contributed by atoms with Crippen LogP contribution in [-0.4, -0.2) is 17.3 Å². The average molecular weight is 269 g/mol. The summed E-state index contributed by atoms with van der Waals surface area (Å²) in [7, 11) is 0. The van der Waals surface area contributed by atoms with E-state index in [1.807, 2.05) is 0 Å². The van der Waals surface area contributed by atoms with Crippen LogP contribution in [0.15, 0.2) is 0 Å². The summed E-state index contributed by atoms with van der Waals surface area (Å²) in [6, 6.07) is 0. The van der Waals surface area contributed by atoms with Crippen LogP contribution in [0.25, 0.3) is 36.9 Å². The molecule has 0 aliphatic heterocycles. The van der Waals surface area contributed by atoms with Gasteiger partial charge in [-0.1, -0.05) is 0 Å². The van der Waals surface area contributed by atoms with Gasteiger partial charge in [-0.25, -0.2) is 4.79 Å². The fourth-order valence-corrected chi connectivity index (χ4v) is 0. The molecule has 0 aromatic heterocycles. The Morgan fingerprint density at radius 3 is 0.929 bits per heavy atom. The molecule has 13 N–H and O–H groups in total. The zero-order valence-electron chi connectivity index (χ0n) is 6.79. The van der Waals surface area contributed by atoms with E-state index in [4.69, 9.17) is 9.90 Å². The third-order valence-electron chi connectivity index (χ3n) is 0.243. The summed E-state index contributed by atoms with van der Waals surface area (Å²) >= 11 is 0. The van der Waals surface area contributed by atoms with E-state index in [1.54, 1.807) is 0 Å². The molecule has 0 aromatic rings. The molecule has 8 nitrogen and oxygen atoms in total. The zero-order chi connectivity index (χ0) is 6.08. The van der Waals surface area contributed by atoms with Gasteiger partial charge in [-0.2, -0.15) is 13.2 Å². The van der Waals surface area contributed by atoms with Crippen LogP contribution in [0.4, 0.5) is 13.2 Å². The Bertz CT molecular complexity index is 102. The number of carbonyl (C=O) groups is 1. The summed E-state index contributed by atoms with van der Waals surface area (Å²) in [6.07, 6.45) is -5.08. The number of carboxylic acids is 1. The Kier molecular flexibility index (Phi) is 114. The molecule has 0 aromatic carbocycles. The van der Waals surface area contributed by atoms with Gasteiger partial charge < -0.3 is 42.0 Å². The van der Waals surface area contributed by atoms with Crippen LogP contribution in [-0.2, 0) is 21.6 Å². The molecule has 1 radical (unpaired) electrons. The van der Waals surface area contributed by atoms with Crippen LogP contribution < -0.4 is 0 Å². The van der Waals surface area contributed by atoms with Crippen molar-refractivity contribution in [3.63, 3.8) is 0 Å². The molecule has 0 saturated carbocycles. The molecule has 99 valence electrons. The monoisotopic (exact) mass is 269 g/mol. The average Bonchev–Trinajstić information content (AvgIpc) is 1.31. The van der Waals surface area contributed by atoms with Crippen LogP contribution in [0.2, 0.25) is 0 Å². The van der Waals surface area contributed by atoms with Crippen molar-refractivity contribution in [2.24, 2.45) is 0 Å². The van der Waals surface area contributed by atoms with Crippen molar-refractivity contribution in [2.75, 3.05) is 0 Å². The van der Waals surface area contributed by atoms with Crippen molar-refractivity contribution in [1.82, 2.24) is 0 Å². The molecule has 0 unspecified atom stereocenters. The molecule has 14 heavy (non-hydrogen) atoms. The first-order chi connectivity index (χ1) is 2.94. The SMILES string of the molecule is O=C(O)C(F)(F)F.[Co].[NH2-].[NH2-].[NH2-].[NH2-].[NH2-].[NH2-]. The minimum absolute atomic E-state index is 0. The van der Waals surface area contributed by atoms with Crippen LogP contribution in [0.3, 0.4) is 0 Å². The van der Waals surface area contributed by atoms with Gasteiger partial charge in [-0.3, -0.25) is 0 Å². The summed E-state index contributed by atoms with van der Waals surface area (Å²) < 4.78 is 31.7. The van der Waals surface area contributed by atoms with Gasteiger partial charge in [-0.15, -0.1) is 0 Å². The minimum Gasteiger partial charge on any atom is -0.693 e. The molecular weight excluding hydrogens is 256 g/mol. The summed E-state index contributed by atoms with van der Waals surface area (Å²) in [5.74, 6) is -2.76. The van der Waals surface area contributed by atoms with Gasteiger partial charge in [-0.05, 0) is 0 Å². The topological polar surface area (TPSA) is 238 Å². The van der Waals surface area contributed by atoms with E-state index in [1.165, 1.54) is 0 Å². The molecule has 0 atom stereocenters. The number of halogens is 3. The van der Waals surface area contributed by atoms with Gasteiger partial charge in [0.05, 0.1) is 0 Å². The number of hydrogen-bond acceptors (Lipinski definition) is 1. The van der Waals surface area contributed by atoms with Crippen molar-refractivity contribution >= 4 is 5.97 Å². The van der Waals surface area contributed by atoms with E-state index in [2.05, 4.69) is 0 Å². The number of aliphatic carboxylic acids is 1. The van der Waals surface area contributed by atoms with Crippen molar-refractivity contribution in [3.05, 3.63) is 36.9 Å². The number of alkyl halides is 3. The summed E-state index contributed by atoms with van der Waals surface area (Å²) in [6.45, 7) is 0. The van der Waals surface area contributed by atoms with Gasteiger partial charge in [0.15, 0.2) is 0 Å². The van der Waals surface area contributed by atoms with Crippen LogP contribution >= 0.6 is 0 Å². The molecule has 0 aliphatic rings. The fraction of sp³-hybridized carbons (Fsp3) is 0.500. The number of rotatable bonds is 0. The van der Waals surface area contributed by atoms with Gasteiger partial charge >= 0.3 is 12.1 Å². The second-order valence-electron chi connectivity index (χ2n) is 0.803. The maximum absolute atomic E-state index is 10.6. The Morgan fingerprint density at radius 2 is 0.929 bits per heavy atom. The van der Waals surface area contributed by atoms with Crippen molar-refractivity contribution < 1.29 is 39.9 Å². The molecule has 0 aliphatic carbocycles. The van der Waals surface area contributed by atoms with E-state index in [9.17, 15) is 13.2 Å². The van der Waals surface area contributed by atoms with Crippen molar-refractivity contribution in [1.29, 1.82) is 0 Å². The number of carboxylic acid groups (broad SMARTS) is 1. The fourth-order valence-electron chi connectivity index (χ4n) is 0. The third kappa shape index (κ3) is 41.8. The smallest absolute Gasteiger partial charge is 0.490 e. The van der Waals surface area contributed by atoms with E-state index in [0.717, 1.165) is 0 Å². The van der Waals surface area contributed by atoms with Crippen molar-refractivity contribution in [3.8, 4) is 0 Å². The van der Waals surface area contributed by atoms with Crippen LogP contribution in [0, 0.1) is 0 Å². The minimum atomic E-state index is -5.08. The third-order valence-corrected chi connectivity index (χ3v) is 0.243.